The molecular formula is C8H9NaO3S. The minimum absolute atomic E-state index is 0. The Labute approximate surface area is 102 Å². The summed E-state index contributed by atoms with van der Waals surface area (Å²) in [5.41, 5.74) is 1.17. The summed E-state index contributed by atoms with van der Waals surface area (Å²) in [6.45, 7) is 3.63. The largest absolute Gasteiger partial charge is 1.00 e. The van der Waals surface area contributed by atoms with Gasteiger partial charge in [0.1, 0.15) is 0 Å². The predicted octanol–water partition coefficient (Wildman–Crippen LogP) is -1.94. The van der Waals surface area contributed by atoms with Gasteiger partial charge in [-0.15, -0.1) is 0 Å². The average Bonchev–Trinajstić information content (AvgIpc) is 2.05. The predicted molar refractivity (Wildman–Crippen MR) is 47.6 cm³/mol. The Hall–Kier alpha value is -0.130. The first-order valence-electron chi connectivity index (χ1n) is 3.16. The third kappa shape index (κ3) is 11.9. The van der Waals surface area contributed by atoms with Gasteiger partial charge in [-0.1, -0.05) is 43.0 Å². The van der Waals surface area contributed by atoms with Gasteiger partial charge in [0.2, 0.25) is 0 Å². The van der Waals surface area contributed by atoms with Crippen molar-refractivity contribution < 1.29 is 42.5 Å². The summed E-state index contributed by atoms with van der Waals surface area (Å²) < 4.78 is 25.4. The molecule has 0 aliphatic heterocycles. The van der Waals surface area contributed by atoms with Crippen LogP contribution in [0.1, 0.15) is 5.56 Å². The van der Waals surface area contributed by atoms with Crippen LogP contribution in [0.15, 0.2) is 36.9 Å². The van der Waals surface area contributed by atoms with E-state index >= 15 is 0 Å². The van der Waals surface area contributed by atoms with Crippen LogP contribution in [0.3, 0.4) is 0 Å². The van der Waals surface area contributed by atoms with Crippen LogP contribution < -0.4 is 29.6 Å². The fourth-order valence-corrected chi connectivity index (χ4v) is 0.589. The zero-order valence-electron chi connectivity index (χ0n) is 7.34. The Bertz CT molecular complexity index is 288. The number of hydrogen-bond donors (Lipinski definition) is 1. The summed E-state index contributed by atoms with van der Waals surface area (Å²) in [4.78, 5) is 0. The van der Waals surface area contributed by atoms with E-state index in [1.54, 1.807) is 0 Å². The molecule has 0 aliphatic rings. The maximum absolute atomic E-state index is 8.48. The fraction of sp³-hybridized carbons (Fsp3) is 0. The Morgan fingerprint density at radius 3 is 1.85 bits per heavy atom. The molecular weight excluding hydrogens is 199 g/mol. The molecule has 0 spiro atoms. The Kier molecular flexibility index (Phi) is 11.8. The van der Waals surface area contributed by atoms with E-state index in [-0.39, 0.29) is 29.6 Å². The summed E-state index contributed by atoms with van der Waals surface area (Å²) in [5.74, 6) is 0. The first-order valence-corrected chi connectivity index (χ1v) is 4.25. The number of thiol groups is 1. The van der Waals surface area contributed by atoms with Crippen molar-refractivity contribution in [3.63, 3.8) is 0 Å². The van der Waals surface area contributed by atoms with Crippen LogP contribution in [0.25, 0.3) is 6.08 Å². The minimum Gasteiger partial charge on any atom is -0.750 e. The Morgan fingerprint density at radius 2 is 1.62 bits per heavy atom. The molecule has 0 aliphatic carbocycles. The number of rotatable bonds is 1. The van der Waals surface area contributed by atoms with Gasteiger partial charge in [-0.3, -0.25) is 0 Å². The van der Waals surface area contributed by atoms with Gasteiger partial charge in [0, 0.05) is 0 Å². The van der Waals surface area contributed by atoms with Gasteiger partial charge >= 0.3 is 29.6 Å². The van der Waals surface area contributed by atoms with Crippen LogP contribution in [0, 0.1) is 0 Å². The van der Waals surface area contributed by atoms with Crippen LogP contribution in [0.5, 0.6) is 0 Å². The second-order valence-corrected chi connectivity index (χ2v) is 2.29. The standard InChI is InChI=1S/C8H8.Na.H2O3S/c1-2-8-6-4-3-5-7-8;;1-4(2)3/h2-7H,1H2;;4H,(H,1,2,3)/q;+1;/p-1. The van der Waals surface area contributed by atoms with Crippen molar-refractivity contribution in [2.45, 2.75) is 0 Å². The summed E-state index contributed by atoms with van der Waals surface area (Å²) in [7, 11) is -3.37. The van der Waals surface area contributed by atoms with Gasteiger partial charge in [0.15, 0.2) is 0 Å². The van der Waals surface area contributed by atoms with Crippen LogP contribution in [-0.2, 0) is 11.0 Å². The minimum atomic E-state index is -3.37. The van der Waals surface area contributed by atoms with Crippen molar-refractivity contribution in [1.29, 1.82) is 0 Å². The van der Waals surface area contributed by atoms with Gasteiger partial charge < -0.3 is 4.55 Å². The van der Waals surface area contributed by atoms with Crippen molar-refractivity contribution in [3.05, 3.63) is 42.5 Å². The van der Waals surface area contributed by atoms with Crippen LogP contribution in [-0.4, -0.2) is 13.0 Å². The zero-order chi connectivity index (χ0) is 9.40. The molecule has 3 nitrogen and oxygen atoms in total. The van der Waals surface area contributed by atoms with Crippen molar-refractivity contribution in [2.24, 2.45) is 0 Å². The number of hydrogen-bond acceptors (Lipinski definition) is 3. The SMILES string of the molecule is C=Cc1ccccc1.O=[SH](=O)[O-].[Na+]. The molecule has 0 fully saturated rings. The molecule has 0 heterocycles. The Morgan fingerprint density at radius 1 is 1.23 bits per heavy atom. The summed E-state index contributed by atoms with van der Waals surface area (Å²) in [6.07, 6.45) is 1.83. The summed E-state index contributed by atoms with van der Waals surface area (Å²) in [5, 5.41) is 0. The molecule has 0 unspecified atom stereocenters. The maximum Gasteiger partial charge on any atom is 1.00 e. The average molecular weight is 208 g/mol. The third-order valence-electron chi connectivity index (χ3n) is 1.04. The molecule has 13 heavy (non-hydrogen) atoms. The van der Waals surface area contributed by atoms with Gasteiger partial charge in [0.25, 0.3) is 0 Å². The smallest absolute Gasteiger partial charge is 0.750 e. The molecule has 5 heteroatoms. The van der Waals surface area contributed by atoms with E-state index in [0.717, 1.165) is 0 Å². The number of benzene rings is 1. The van der Waals surface area contributed by atoms with Gasteiger partial charge in [-0.25, -0.2) is 8.42 Å². The van der Waals surface area contributed by atoms with E-state index in [9.17, 15) is 0 Å². The summed E-state index contributed by atoms with van der Waals surface area (Å²) in [6, 6.07) is 10.0. The quantitative estimate of drug-likeness (QED) is 0.332. The van der Waals surface area contributed by atoms with Gasteiger partial charge in [-0.2, -0.15) is 0 Å². The fourth-order valence-electron chi connectivity index (χ4n) is 0.589. The van der Waals surface area contributed by atoms with Crippen LogP contribution >= 0.6 is 0 Å². The third-order valence-corrected chi connectivity index (χ3v) is 1.04. The van der Waals surface area contributed by atoms with E-state index in [1.807, 2.05) is 36.4 Å². The molecule has 0 radical (unpaired) electrons. The molecule has 1 rings (SSSR count). The van der Waals surface area contributed by atoms with Gasteiger partial charge in [0.05, 0.1) is 11.0 Å². The van der Waals surface area contributed by atoms with Crippen LogP contribution in [0.4, 0.5) is 0 Å². The maximum atomic E-state index is 8.48. The first kappa shape index (κ1) is 15.3. The molecule has 0 bridgehead atoms. The van der Waals surface area contributed by atoms with Crippen molar-refractivity contribution in [3.8, 4) is 0 Å². The second kappa shape index (κ2) is 9.95. The van der Waals surface area contributed by atoms with E-state index in [1.165, 1.54) is 5.56 Å². The molecule has 0 saturated carbocycles. The van der Waals surface area contributed by atoms with E-state index in [0.29, 0.717) is 0 Å². The monoisotopic (exact) mass is 208 g/mol. The normalized spacial score (nSPS) is 7.85. The van der Waals surface area contributed by atoms with Crippen molar-refractivity contribution >= 4 is 17.1 Å². The molecule has 0 N–H and O–H groups in total. The van der Waals surface area contributed by atoms with Crippen molar-refractivity contribution in [1.82, 2.24) is 0 Å². The first-order chi connectivity index (χ1) is 5.66. The molecule has 0 atom stereocenters. The molecule has 66 valence electrons. The Balaban J connectivity index is 0. The molecule has 0 saturated heterocycles. The second-order valence-electron chi connectivity index (χ2n) is 1.84. The summed E-state index contributed by atoms with van der Waals surface area (Å²) >= 11 is 0. The van der Waals surface area contributed by atoms with Crippen molar-refractivity contribution in [2.75, 3.05) is 0 Å². The van der Waals surface area contributed by atoms with E-state index < -0.39 is 11.0 Å². The topological polar surface area (TPSA) is 57.2 Å². The van der Waals surface area contributed by atoms with E-state index in [4.69, 9.17) is 13.0 Å². The molecule has 0 aromatic heterocycles. The van der Waals surface area contributed by atoms with E-state index in [2.05, 4.69) is 6.58 Å². The molecule has 1 aromatic rings. The molecule has 1 aromatic carbocycles. The van der Waals surface area contributed by atoms with Gasteiger partial charge in [-0.05, 0) is 5.56 Å². The zero-order valence-corrected chi connectivity index (χ0v) is 10.2. The van der Waals surface area contributed by atoms with Crippen LogP contribution in [0.2, 0.25) is 0 Å². The molecule has 0 amide bonds.